The Balaban J connectivity index is 1.19. The molecule has 280 valence electrons. The van der Waals surface area contributed by atoms with Gasteiger partial charge in [0.15, 0.2) is 28.7 Å². The smallest absolute Gasteiger partial charge is 0.333 e. The molecule has 0 saturated carbocycles. The predicted octanol–water partition coefficient (Wildman–Crippen LogP) is 13.0. The zero-order valence-electron chi connectivity index (χ0n) is 33.1. The SMILES string of the molecule is Cc1cc2c(cc1N1c3cc4c(cc3B3c5c1cc1oc6ccccc6c1c5-c1cccc5c1N3c1ccccc1O5)Oc1ccccc1O4)C(C)(C)CCC2(C)C. The van der Waals surface area contributed by atoms with Crippen molar-refractivity contribution in [2.24, 2.45) is 0 Å². The van der Waals surface area contributed by atoms with E-state index in [2.05, 4.69) is 141 Å². The molecule has 13 rings (SSSR count). The van der Waals surface area contributed by atoms with Crippen molar-refractivity contribution in [1.29, 1.82) is 0 Å². The van der Waals surface area contributed by atoms with Crippen LogP contribution in [-0.4, -0.2) is 6.85 Å². The Hall–Kier alpha value is -6.60. The first kappa shape index (κ1) is 32.5. The first-order chi connectivity index (χ1) is 28.1. The van der Waals surface area contributed by atoms with E-state index in [9.17, 15) is 0 Å². The first-order valence-electron chi connectivity index (χ1n) is 20.4. The second-order valence-electron chi connectivity index (χ2n) is 17.9. The monoisotopic (exact) mass is 754 g/mol. The standard InChI is InChI=1S/C51H39BN2O4/c1-28-23-31-32(51(4,5)22-21-50(31,2)3)24-35(28)53-36-26-44-43(57-40-18-10-11-19-41(40)58-44)25-33(36)52-48-37(53)27-45-46(29-13-6-8-16-38(29)55-45)47(48)30-14-12-20-42-49(30)54(52)34-15-7-9-17-39(34)56-42/h6-20,23-27H,21-22H2,1-5H3. The maximum Gasteiger partial charge on any atom is 0.333 e. The molecule has 0 radical (unpaired) electrons. The van der Waals surface area contributed by atoms with Gasteiger partial charge >= 0.3 is 6.85 Å². The summed E-state index contributed by atoms with van der Waals surface area (Å²) in [5.41, 5.74) is 15.9. The minimum atomic E-state index is -0.243. The van der Waals surface area contributed by atoms with Crippen LogP contribution in [0.1, 0.15) is 57.2 Å². The molecule has 0 fully saturated rings. The third kappa shape index (κ3) is 4.13. The van der Waals surface area contributed by atoms with Crippen LogP contribution in [0.15, 0.2) is 126 Å². The zero-order valence-corrected chi connectivity index (χ0v) is 33.1. The van der Waals surface area contributed by atoms with Gasteiger partial charge in [0.2, 0.25) is 0 Å². The molecule has 0 spiro atoms. The summed E-state index contributed by atoms with van der Waals surface area (Å²) in [4.78, 5) is 5.00. The van der Waals surface area contributed by atoms with E-state index in [-0.39, 0.29) is 17.7 Å². The number of para-hydroxylation sites is 6. The molecule has 0 N–H and O–H groups in total. The molecule has 7 aromatic carbocycles. The second-order valence-corrected chi connectivity index (χ2v) is 17.9. The molecular formula is C51H39BN2O4. The molecular weight excluding hydrogens is 715 g/mol. The van der Waals surface area contributed by atoms with Crippen LogP contribution in [0.25, 0.3) is 33.1 Å². The number of benzene rings is 7. The molecule has 0 bridgehead atoms. The number of hydrogen-bond acceptors (Lipinski definition) is 6. The zero-order chi connectivity index (χ0) is 38.8. The average molecular weight is 755 g/mol. The van der Waals surface area contributed by atoms with Crippen molar-refractivity contribution in [1.82, 2.24) is 0 Å². The van der Waals surface area contributed by atoms with Crippen LogP contribution in [0.3, 0.4) is 0 Å². The Morgan fingerprint density at radius 2 is 1.21 bits per heavy atom. The number of nitrogens with zero attached hydrogens (tertiary/aromatic N) is 2. The van der Waals surface area contributed by atoms with E-state index in [1.807, 2.05) is 24.3 Å². The number of furan rings is 1. The van der Waals surface area contributed by atoms with Crippen molar-refractivity contribution >= 4 is 68.1 Å². The lowest BCUT2D eigenvalue weighted by Gasteiger charge is -2.48. The summed E-state index contributed by atoms with van der Waals surface area (Å²) in [5, 5.41) is 2.22. The summed E-state index contributed by atoms with van der Waals surface area (Å²) < 4.78 is 27.0. The summed E-state index contributed by atoms with van der Waals surface area (Å²) in [6.45, 7) is 11.7. The number of aryl methyl sites for hydroxylation is 1. The van der Waals surface area contributed by atoms with Gasteiger partial charge in [0.1, 0.15) is 16.9 Å². The van der Waals surface area contributed by atoms with Crippen molar-refractivity contribution in [3.8, 4) is 45.6 Å². The highest BCUT2D eigenvalue weighted by Crippen LogP contribution is 2.59. The van der Waals surface area contributed by atoms with Crippen LogP contribution in [0.2, 0.25) is 0 Å². The van der Waals surface area contributed by atoms with Gasteiger partial charge in [-0.25, -0.2) is 0 Å². The largest absolute Gasteiger partial charge is 0.456 e. The van der Waals surface area contributed by atoms with Gasteiger partial charge in [-0.15, -0.1) is 0 Å². The molecule has 1 aliphatic carbocycles. The van der Waals surface area contributed by atoms with Gasteiger partial charge in [-0.1, -0.05) is 88.4 Å². The van der Waals surface area contributed by atoms with Crippen LogP contribution in [0.5, 0.6) is 34.5 Å². The van der Waals surface area contributed by atoms with E-state index in [0.717, 1.165) is 85.7 Å². The van der Waals surface area contributed by atoms with Gasteiger partial charge in [0.25, 0.3) is 0 Å². The number of ether oxygens (including phenoxy) is 3. The highest BCUT2D eigenvalue weighted by molar-refractivity contribution is 6.94. The van der Waals surface area contributed by atoms with Crippen molar-refractivity contribution in [3.63, 3.8) is 0 Å². The number of rotatable bonds is 1. The lowest BCUT2D eigenvalue weighted by atomic mass is 9.43. The van der Waals surface area contributed by atoms with Crippen LogP contribution < -0.4 is 34.8 Å². The molecule has 0 atom stereocenters. The predicted molar refractivity (Wildman–Crippen MR) is 234 cm³/mol. The molecule has 8 aromatic rings. The number of anilines is 5. The van der Waals surface area contributed by atoms with Gasteiger partial charge in [0.05, 0.1) is 11.4 Å². The Labute approximate surface area is 337 Å². The molecule has 5 heterocycles. The minimum Gasteiger partial charge on any atom is -0.456 e. The molecule has 1 aromatic heterocycles. The Morgan fingerprint density at radius 1 is 0.552 bits per heavy atom. The van der Waals surface area contributed by atoms with Crippen LogP contribution >= 0.6 is 0 Å². The van der Waals surface area contributed by atoms with Crippen molar-refractivity contribution < 1.29 is 18.6 Å². The normalized spacial score (nSPS) is 16.8. The van der Waals surface area contributed by atoms with E-state index in [0.29, 0.717) is 23.0 Å². The van der Waals surface area contributed by atoms with E-state index >= 15 is 0 Å². The van der Waals surface area contributed by atoms with Crippen LogP contribution in [-0.2, 0) is 10.8 Å². The third-order valence-corrected chi connectivity index (χ3v) is 13.6. The molecule has 4 aliphatic heterocycles. The van der Waals surface area contributed by atoms with Crippen molar-refractivity contribution in [3.05, 3.63) is 138 Å². The van der Waals surface area contributed by atoms with E-state index in [4.69, 9.17) is 18.6 Å². The van der Waals surface area contributed by atoms with Crippen molar-refractivity contribution in [2.45, 2.75) is 58.3 Å². The summed E-state index contributed by atoms with van der Waals surface area (Å²) >= 11 is 0. The first-order valence-corrected chi connectivity index (χ1v) is 20.4. The maximum absolute atomic E-state index is 6.86. The van der Waals surface area contributed by atoms with E-state index in [1.54, 1.807) is 0 Å². The minimum absolute atomic E-state index is 0.0138. The molecule has 0 saturated heterocycles. The van der Waals surface area contributed by atoms with Gasteiger partial charge < -0.3 is 28.3 Å². The highest BCUT2D eigenvalue weighted by Gasteiger charge is 2.50. The molecule has 0 amide bonds. The number of hydrogen-bond donors (Lipinski definition) is 0. The van der Waals surface area contributed by atoms with Gasteiger partial charge in [-0.05, 0) is 112 Å². The summed E-state index contributed by atoms with van der Waals surface area (Å²) in [6, 6.07) is 42.9. The van der Waals surface area contributed by atoms with Gasteiger partial charge in [0, 0.05) is 45.5 Å². The second kappa shape index (κ2) is 10.9. The Bertz CT molecular complexity index is 3160. The maximum atomic E-state index is 6.86. The fourth-order valence-corrected chi connectivity index (χ4v) is 10.7. The van der Waals surface area contributed by atoms with E-state index < -0.39 is 0 Å². The third-order valence-electron chi connectivity index (χ3n) is 13.6. The Morgan fingerprint density at radius 3 is 2.00 bits per heavy atom. The van der Waals surface area contributed by atoms with E-state index in [1.165, 1.54) is 27.7 Å². The lowest BCUT2D eigenvalue weighted by Crippen LogP contribution is -2.62. The quantitative estimate of drug-likeness (QED) is 0.156. The molecule has 0 unspecified atom stereocenters. The number of fused-ring (bicyclic) bond motifs is 13. The molecule has 6 nitrogen and oxygen atoms in total. The summed E-state index contributed by atoms with van der Waals surface area (Å²) in [7, 11) is 0. The summed E-state index contributed by atoms with van der Waals surface area (Å²) in [5.74, 6) is 4.46. The topological polar surface area (TPSA) is 47.3 Å². The van der Waals surface area contributed by atoms with Gasteiger partial charge in [-0.3, -0.25) is 0 Å². The Kier molecular flexibility index (Phi) is 6.09. The molecule has 58 heavy (non-hydrogen) atoms. The summed E-state index contributed by atoms with van der Waals surface area (Å²) in [6.07, 6.45) is 2.28. The molecule has 7 heteroatoms. The molecule has 5 aliphatic rings. The van der Waals surface area contributed by atoms with Crippen LogP contribution in [0, 0.1) is 6.92 Å². The van der Waals surface area contributed by atoms with Crippen LogP contribution in [0.4, 0.5) is 28.4 Å². The fourth-order valence-electron chi connectivity index (χ4n) is 10.7. The fraction of sp³-hybridized carbons (Fsp3) is 0.176. The van der Waals surface area contributed by atoms with Gasteiger partial charge in [-0.2, -0.15) is 0 Å². The lowest BCUT2D eigenvalue weighted by molar-refractivity contribution is 0.332. The van der Waals surface area contributed by atoms with Crippen molar-refractivity contribution in [2.75, 3.05) is 9.71 Å². The average Bonchev–Trinajstić information content (AvgIpc) is 3.60. The highest BCUT2D eigenvalue weighted by atomic mass is 16.6.